The summed E-state index contributed by atoms with van der Waals surface area (Å²) in [5.41, 5.74) is 6.06. The van der Waals surface area contributed by atoms with Crippen molar-refractivity contribution in [1.29, 1.82) is 0 Å². The first-order valence-electron chi connectivity index (χ1n) is 5.96. The summed E-state index contributed by atoms with van der Waals surface area (Å²) in [5, 5.41) is 0. The van der Waals surface area contributed by atoms with Gasteiger partial charge in [-0.15, -0.1) is 11.8 Å². The molecular weight excluding hydrogens is 248 g/mol. The first-order valence-corrected chi connectivity index (χ1v) is 7.11. The molecule has 0 atom stereocenters. The Hall–Kier alpha value is -1.49. The Morgan fingerprint density at radius 2 is 1.89 bits per heavy atom. The minimum absolute atomic E-state index is 0.0728. The fraction of sp³-hybridized carbons (Fsp3) is 0.385. The van der Waals surface area contributed by atoms with Gasteiger partial charge in [0.15, 0.2) is 0 Å². The molecule has 0 aliphatic heterocycles. The molecule has 0 radical (unpaired) electrons. The zero-order valence-electron chi connectivity index (χ0n) is 10.0. The second kappa shape index (κ2) is 6.44. The van der Waals surface area contributed by atoms with Gasteiger partial charge in [0.2, 0.25) is 11.8 Å². The molecule has 0 bridgehead atoms. The second-order valence-electron chi connectivity index (χ2n) is 4.29. The van der Waals surface area contributed by atoms with Crippen molar-refractivity contribution in [2.75, 3.05) is 5.75 Å². The maximum Gasteiger partial charge on any atom is 0.248 e. The van der Waals surface area contributed by atoms with Gasteiger partial charge < -0.3 is 0 Å². The minimum Gasteiger partial charge on any atom is -0.273 e. The summed E-state index contributed by atoms with van der Waals surface area (Å²) in [7, 11) is 0. The molecule has 0 heterocycles. The first kappa shape index (κ1) is 13.0. The third-order valence-corrected chi connectivity index (χ3v) is 3.62. The van der Waals surface area contributed by atoms with Crippen LogP contribution in [0.4, 0.5) is 0 Å². The topological polar surface area (TPSA) is 58.2 Å². The summed E-state index contributed by atoms with van der Waals surface area (Å²) in [4.78, 5) is 22.7. The Balaban J connectivity index is 1.58. The van der Waals surface area contributed by atoms with Gasteiger partial charge in [-0.3, -0.25) is 20.4 Å². The number of hydrazine groups is 1. The molecule has 1 saturated carbocycles. The number of nitrogens with one attached hydrogen (secondary N) is 2. The molecule has 1 aliphatic carbocycles. The lowest BCUT2D eigenvalue weighted by molar-refractivity contribution is -0.128. The second-order valence-corrected chi connectivity index (χ2v) is 5.28. The molecule has 1 aromatic rings. The number of thioether (sulfide) groups is 1. The monoisotopic (exact) mass is 264 g/mol. The Kier molecular flexibility index (Phi) is 4.64. The maximum atomic E-state index is 11.4. The van der Waals surface area contributed by atoms with Crippen molar-refractivity contribution in [1.82, 2.24) is 10.9 Å². The fourth-order valence-electron chi connectivity index (χ4n) is 1.45. The predicted octanol–water partition coefficient (Wildman–Crippen LogP) is 1.48. The normalized spacial score (nSPS) is 14.0. The van der Waals surface area contributed by atoms with E-state index in [1.807, 2.05) is 30.3 Å². The van der Waals surface area contributed by atoms with Gasteiger partial charge in [0.05, 0.1) is 5.75 Å². The van der Waals surface area contributed by atoms with Crippen molar-refractivity contribution in [3.63, 3.8) is 0 Å². The molecule has 0 saturated heterocycles. The number of benzene rings is 1. The van der Waals surface area contributed by atoms with Crippen LogP contribution in [0.25, 0.3) is 0 Å². The third kappa shape index (κ3) is 4.41. The zero-order chi connectivity index (χ0) is 12.8. The van der Waals surface area contributed by atoms with E-state index < -0.39 is 0 Å². The summed E-state index contributed by atoms with van der Waals surface area (Å²) in [6.45, 7) is 0. The van der Waals surface area contributed by atoms with Crippen LogP contribution < -0.4 is 10.9 Å². The van der Waals surface area contributed by atoms with Gasteiger partial charge in [0.25, 0.3) is 0 Å². The van der Waals surface area contributed by atoms with Crippen LogP contribution in [0.5, 0.6) is 0 Å². The van der Waals surface area contributed by atoms with E-state index in [2.05, 4.69) is 10.9 Å². The number of carbonyl (C=O) groups is 2. The molecule has 5 heteroatoms. The predicted molar refractivity (Wildman–Crippen MR) is 71.6 cm³/mol. The van der Waals surface area contributed by atoms with E-state index in [0.29, 0.717) is 5.75 Å². The minimum atomic E-state index is -0.162. The smallest absolute Gasteiger partial charge is 0.248 e. The van der Waals surface area contributed by atoms with Gasteiger partial charge in [-0.2, -0.15) is 0 Å². The average molecular weight is 264 g/mol. The number of amides is 2. The molecule has 2 amide bonds. The molecule has 2 N–H and O–H groups in total. The molecule has 0 aromatic heterocycles. The Labute approximate surface area is 110 Å². The highest BCUT2D eigenvalue weighted by atomic mass is 32.2. The Morgan fingerprint density at radius 3 is 2.56 bits per heavy atom. The molecule has 18 heavy (non-hydrogen) atoms. The van der Waals surface area contributed by atoms with E-state index in [4.69, 9.17) is 0 Å². The summed E-state index contributed by atoms with van der Waals surface area (Å²) in [5.74, 6) is 1.02. The number of rotatable bonds is 5. The maximum absolute atomic E-state index is 11.4. The first-order chi connectivity index (χ1) is 8.75. The van der Waals surface area contributed by atoms with E-state index in [0.717, 1.165) is 18.6 Å². The number of carbonyl (C=O) groups excluding carboxylic acids is 2. The molecule has 4 nitrogen and oxygen atoms in total. The van der Waals surface area contributed by atoms with Gasteiger partial charge in [0, 0.05) is 11.7 Å². The van der Waals surface area contributed by atoms with Gasteiger partial charge in [-0.05, 0) is 18.4 Å². The molecule has 0 spiro atoms. The van der Waals surface area contributed by atoms with Crippen LogP contribution >= 0.6 is 11.8 Å². The number of hydrogen-bond acceptors (Lipinski definition) is 3. The lowest BCUT2D eigenvalue weighted by Crippen LogP contribution is -2.43. The molecule has 0 unspecified atom stereocenters. The van der Waals surface area contributed by atoms with Crippen LogP contribution in [0.1, 0.15) is 18.4 Å². The highest BCUT2D eigenvalue weighted by Crippen LogP contribution is 2.28. The van der Waals surface area contributed by atoms with Crippen molar-refractivity contribution in [3.8, 4) is 0 Å². The van der Waals surface area contributed by atoms with Crippen LogP contribution in [0.3, 0.4) is 0 Å². The van der Waals surface area contributed by atoms with E-state index in [1.54, 1.807) is 0 Å². The van der Waals surface area contributed by atoms with Crippen molar-refractivity contribution in [2.45, 2.75) is 18.6 Å². The lowest BCUT2D eigenvalue weighted by atomic mass is 10.2. The standard InChI is InChI=1S/C13H16N2O2S/c16-12(14-15-13(17)11-6-7-11)9-18-8-10-4-2-1-3-5-10/h1-5,11H,6-9H2,(H,14,16)(H,15,17). The molecule has 96 valence electrons. The van der Waals surface area contributed by atoms with E-state index in [-0.39, 0.29) is 17.7 Å². The van der Waals surface area contributed by atoms with Crippen molar-refractivity contribution in [3.05, 3.63) is 35.9 Å². The average Bonchev–Trinajstić information content (AvgIpc) is 3.21. The Bertz CT molecular complexity index is 418. The van der Waals surface area contributed by atoms with Crippen LogP contribution in [-0.4, -0.2) is 17.6 Å². The zero-order valence-corrected chi connectivity index (χ0v) is 10.8. The molecular formula is C13H16N2O2S. The van der Waals surface area contributed by atoms with Crippen molar-refractivity contribution < 1.29 is 9.59 Å². The third-order valence-electron chi connectivity index (χ3n) is 2.62. The van der Waals surface area contributed by atoms with Crippen LogP contribution in [-0.2, 0) is 15.3 Å². The van der Waals surface area contributed by atoms with E-state index in [1.165, 1.54) is 17.3 Å². The lowest BCUT2D eigenvalue weighted by Gasteiger charge is -2.06. The van der Waals surface area contributed by atoms with Crippen LogP contribution in [0, 0.1) is 5.92 Å². The van der Waals surface area contributed by atoms with Crippen LogP contribution in [0.15, 0.2) is 30.3 Å². The molecule has 1 fully saturated rings. The number of hydrogen-bond donors (Lipinski definition) is 2. The highest BCUT2D eigenvalue weighted by Gasteiger charge is 2.29. The van der Waals surface area contributed by atoms with Gasteiger partial charge in [0.1, 0.15) is 0 Å². The van der Waals surface area contributed by atoms with Gasteiger partial charge in [-0.25, -0.2) is 0 Å². The molecule has 1 aliphatic rings. The Morgan fingerprint density at radius 1 is 1.17 bits per heavy atom. The van der Waals surface area contributed by atoms with Gasteiger partial charge >= 0.3 is 0 Å². The largest absolute Gasteiger partial charge is 0.273 e. The van der Waals surface area contributed by atoms with Crippen molar-refractivity contribution in [2.24, 2.45) is 5.92 Å². The van der Waals surface area contributed by atoms with E-state index in [9.17, 15) is 9.59 Å². The SMILES string of the molecule is O=C(CSCc1ccccc1)NNC(=O)C1CC1. The van der Waals surface area contributed by atoms with E-state index >= 15 is 0 Å². The summed E-state index contributed by atoms with van der Waals surface area (Å²) in [6.07, 6.45) is 1.87. The summed E-state index contributed by atoms with van der Waals surface area (Å²) in [6, 6.07) is 9.98. The van der Waals surface area contributed by atoms with Crippen molar-refractivity contribution >= 4 is 23.6 Å². The van der Waals surface area contributed by atoms with Gasteiger partial charge in [-0.1, -0.05) is 30.3 Å². The molecule has 1 aromatic carbocycles. The quantitative estimate of drug-likeness (QED) is 0.792. The summed E-state index contributed by atoms with van der Waals surface area (Å²) >= 11 is 1.53. The summed E-state index contributed by atoms with van der Waals surface area (Å²) < 4.78 is 0. The fourth-order valence-corrected chi connectivity index (χ4v) is 2.24. The van der Waals surface area contributed by atoms with Crippen LogP contribution in [0.2, 0.25) is 0 Å². The highest BCUT2D eigenvalue weighted by molar-refractivity contribution is 7.99. The molecule has 2 rings (SSSR count).